The molecule has 1 aliphatic rings. The van der Waals surface area contributed by atoms with Crippen molar-refractivity contribution in [1.29, 1.82) is 0 Å². The predicted molar refractivity (Wildman–Crippen MR) is 63.4 cm³/mol. The maximum absolute atomic E-state index is 11.2. The van der Waals surface area contributed by atoms with Crippen molar-refractivity contribution < 1.29 is 14.3 Å². The lowest BCUT2D eigenvalue weighted by atomic mass is 10.1. The molecule has 1 fully saturated rings. The average Bonchev–Trinajstić information content (AvgIpc) is 2.15. The number of hydrogen-bond acceptors (Lipinski definition) is 4. The van der Waals surface area contributed by atoms with Crippen LogP contribution in [-0.2, 0) is 9.53 Å². The van der Waals surface area contributed by atoms with Crippen molar-refractivity contribution in [3.8, 4) is 0 Å². The second-order valence-corrected chi connectivity index (χ2v) is 4.96. The molecule has 0 spiro atoms. The maximum Gasteiger partial charge on any atom is 0.405 e. The number of nitrogens with two attached hydrogens (primary N) is 1. The fourth-order valence-electron chi connectivity index (χ4n) is 2.06. The molecule has 1 rings (SSSR count). The summed E-state index contributed by atoms with van der Waals surface area (Å²) in [5, 5.41) is 0. The molecule has 0 radical (unpaired) electrons. The van der Waals surface area contributed by atoms with Crippen LogP contribution in [0.2, 0.25) is 0 Å². The van der Waals surface area contributed by atoms with Crippen molar-refractivity contribution in [2.24, 2.45) is 5.73 Å². The second kappa shape index (κ2) is 5.35. The average molecular weight is 243 g/mol. The third-order valence-electron chi connectivity index (χ3n) is 2.80. The summed E-state index contributed by atoms with van der Waals surface area (Å²) >= 11 is 0. The first-order valence-electron chi connectivity index (χ1n) is 5.76. The van der Waals surface area contributed by atoms with Gasteiger partial charge in [0.2, 0.25) is 5.91 Å². The molecule has 0 aliphatic carbocycles. The predicted octanol–water partition coefficient (Wildman–Crippen LogP) is 0.0244. The number of ether oxygens (including phenoxy) is 1. The van der Waals surface area contributed by atoms with E-state index in [4.69, 9.17) is 10.5 Å². The van der Waals surface area contributed by atoms with Gasteiger partial charge in [-0.25, -0.2) is 4.79 Å². The highest BCUT2D eigenvalue weighted by atomic mass is 16.6. The number of nitrogens with zero attached hydrogens (tertiary/aromatic N) is 2. The Bertz CT molecular complexity index is 296. The van der Waals surface area contributed by atoms with Gasteiger partial charge in [0.1, 0.15) is 5.60 Å². The van der Waals surface area contributed by atoms with Crippen molar-refractivity contribution in [3.63, 3.8) is 0 Å². The lowest BCUT2D eigenvalue weighted by Crippen LogP contribution is -2.52. The van der Waals surface area contributed by atoms with Crippen LogP contribution in [0.4, 0.5) is 4.79 Å². The number of piperazine rings is 1. The molecule has 0 saturated carbocycles. The molecule has 0 aromatic carbocycles. The van der Waals surface area contributed by atoms with Gasteiger partial charge in [0, 0.05) is 39.6 Å². The molecule has 0 aromatic rings. The van der Waals surface area contributed by atoms with Crippen LogP contribution in [0.15, 0.2) is 0 Å². The van der Waals surface area contributed by atoms with E-state index in [1.54, 1.807) is 6.92 Å². The summed E-state index contributed by atoms with van der Waals surface area (Å²) in [5.74, 6) is 0.109. The van der Waals surface area contributed by atoms with Crippen molar-refractivity contribution in [2.45, 2.75) is 26.4 Å². The van der Waals surface area contributed by atoms with E-state index in [-0.39, 0.29) is 5.91 Å². The summed E-state index contributed by atoms with van der Waals surface area (Å²) in [6.45, 7) is 8.90. The van der Waals surface area contributed by atoms with E-state index in [0.717, 1.165) is 26.2 Å². The Hall–Kier alpha value is -1.30. The molecule has 1 aliphatic heterocycles. The summed E-state index contributed by atoms with van der Waals surface area (Å²) in [6.07, 6.45) is -0.752. The first-order chi connectivity index (χ1) is 7.80. The smallest absolute Gasteiger partial charge is 0.405 e. The molecule has 17 heavy (non-hydrogen) atoms. The normalized spacial score (nSPS) is 17.9. The molecule has 0 bridgehead atoms. The first kappa shape index (κ1) is 13.8. The van der Waals surface area contributed by atoms with Crippen molar-refractivity contribution in [2.75, 3.05) is 32.7 Å². The number of amides is 2. The van der Waals surface area contributed by atoms with Crippen LogP contribution >= 0.6 is 0 Å². The van der Waals surface area contributed by atoms with Gasteiger partial charge >= 0.3 is 6.09 Å². The fraction of sp³-hybridized carbons (Fsp3) is 0.818. The molecule has 0 unspecified atom stereocenters. The number of rotatable bonds is 3. The Balaban J connectivity index is 2.39. The Morgan fingerprint density at radius 1 is 1.24 bits per heavy atom. The van der Waals surface area contributed by atoms with Gasteiger partial charge in [0.15, 0.2) is 0 Å². The highest BCUT2D eigenvalue weighted by molar-refractivity contribution is 5.73. The number of carbonyl (C=O) groups is 2. The Morgan fingerprint density at radius 3 is 2.18 bits per heavy atom. The summed E-state index contributed by atoms with van der Waals surface area (Å²) in [6, 6.07) is 0. The van der Waals surface area contributed by atoms with E-state index in [0.29, 0.717) is 6.54 Å². The zero-order chi connectivity index (χ0) is 13.1. The quantitative estimate of drug-likeness (QED) is 0.758. The van der Waals surface area contributed by atoms with Crippen LogP contribution in [0.5, 0.6) is 0 Å². The van der Waals surface area contributed by atoms with E-state index in [1.807, 2.05) is 18.7 Å². The molecule has 98 valence electrons. The zero-order valence-corrected chi connectivity index (χ0v) is 10.7. The minimum Gasteiger partial charge on any atom is -0.442 e. The van der Waals surface area contributed by atoms with Gasteiger partial charge in [-0.1, -0.05) is 0 Å². The van der Waals surface area contributed by atoms with Crippen LogP contribution in [0, 0.1) is 0 Å². The van der Waals surface area contributed by atoms with Crippen molar-refractivity contribution in [1.82, 2.24) is 9.80 Å². The van der Waals surface area contributed by atoms with Crippen LogP contribution < -0.4 is 5.73 Å². The third kappa shape index (κ3) is 4.60. The van der Waals surface area contributed by atoms with Gasteiger partial charge in [-0.05, 0) is 13.8 Å². The van der Waals surface area contributed by atoms with Crippen molar-refractivity contribution in [3.05, 3.63) is 0 Å². The summed E-state index contributed by atoms with van der Waals surface area (Å²) in [7, 11) is 0. The van der Waals surface area contributed by atoms with Crippen LogP contribution in [0.1, 0.15) is 20.8 Å². The van der Waals surface area contributed by atoms with Crippen LogP contribution in [-0.4, -0.2) is 60.1 Å². The molecular formula is C11H21N3O3. The van der Waals surface area contributed by atoms with Gasteiger partial charge in [0.25, 0.3) is 0 Å². The first-order valence-corrected chi connectivity index (χ1v) is 5.76. The SMILES string of the molecule is CC(=O)N1CCN(CC(C)(C)OC(N)=O)CC1. The highest BCUT2D eigenvalue weighted by Crippen LogP contribution is 2.13. The van der Waals surface area contributed by atoms with Crippen LogP contribution in [0.25, 0.3) is 0 Å². The van der Waals surface area contributed by atoms with E-state index >= 15 is 0 Å². The van der Waals surface area contributed by atoms with Gasteiger partial charge in [-0.3, -0.25) is 9.69 Å². The van der Waals surface area contributed by atoms with E-state index in [9.17, 15) is 9.59 Å². The Kier molecular flexibility index (Phi) is 4.34. The van der Waals surface area contributed by atoms with Gasteiger partial charge < -0.3 is 15.4 Å². The molecule has 0 atom stereocenters. The molecule has 1 saturated heterocycles. The summed E-state index contributed by atoms with van der Waals surface area (Å²) in [4.78, 5) is 25.9. The lowest BCUT2D eigenvalue weighted by molar-refractivity contribution is -0.130. The molecular weight excluding hydrogens is 222 g/mol. The van der Waals surface area contributed by atoms with E-state index in [1.165, 1.54) is 0 Å². The number of hydrogen-bond donors (Lipinski definition) is 1. The minimum atomic E-state index is -0.752. The minimum absolute atomic E-state index is 0.109. The van der Waals surface area contributed by atoms with Gasteiger partial charge in [0.05, 0.1) is 0 Å². The standard InChI is InChI=1S/C11H21N3O3/c1-9(15)14-6-4-13(5-7-14)8-11(2,3)17-10(12)16/h4-8H2,1-3H3,(H2,12,16). The summed E-state index contributed by atoms with van der Waals surface area (Å²) in [5.41, 5.74) is 4.42. The number of primary amides is 1. The maximum atomic E-state index is 11.2. The number of carbonyl (C=O) groups excluding carboxylic acids is 2. The molecule has 1 heterocycles. The Labute approximate surface area is 102 Å². The lowest BCUT2D eigenvalue weighted by Gasteiger charge is -2.38. The molecule has 6 nitrogen and oxygen atoms in total. The van der Waals surface area contributed by atoms with Crippen molar-refractivity contribution >= 4 is 12.0 Å². The zero-order valence-electron chi connectivity index (χ0n) is 10.7. The summed E-state index contributed by atoms with van der Waals surface area (Å²) < 4.78 is 5.03. The fourth-order valence-corrected chi connectivity index (χ4v) is 2.06. The monoisotopic (exact) mass is 243 g/mol. The second-order valence-electron chi connectivity index (χ2n) is 4.96. The molecule has 2 amide bonds. The highest BCUT2D eigenvalue weighted by Gasteiger charge is 2.27. The topological polar surface area (TPSA) is 75.9 Å². The van der Waals surface area contributed by atoms with Crippen LogP contribution in [0.3, 0.4) is 0 Å². The largest absolute Gasteiger partial charge is 0.442 e. The molecule has 2 N–H and O–H groups in total. The van der Waals surface area contributed by atoms with E-state index in [2.05, 4.69) is 4.90 Å². The Morgan fingerprint density at radius 2 is 1.76 bits per heavy atom. The molecule has 0 aromatic heterocycles. The third-order valence-corrected chi connectivity index (χ3v) is 2.80. The van der Waals surface area contributed by atoms with E-state index < -0.39 is 11.7 Å². The van der Waals surface area contributed by atoms with Gasteiger partial charge in [-0.15, -0.1) is 0 Å². The molecule has 6 heteroatoms. The van der Waals surface area contributed by atoms with Gasteiger partial charge in [-0.2, -0.15) is 0 Å².